The number of nitrogens with zero attached hydrogens (tertiary/aromatic N) is 2. The van der Waals surface area contributed by atoms with Crippen molar-refractivity contribution in [1.82, 2.24) is 4.90 Å². The van der Waals surface area contributed by atoms with Gasteiger partial charge in [0.25, 0.3) is 0 Å². The number of carbonyl (C=O) groups is 3. The van der Waals surface area contributed by atoms with E-state index in [1.807, 2.05) is 0 Å². The first kappa shape index (κ1) is 18.5. The summed E-state index contributed by atoms with van der Waals surface area (Å²) in [5.74, 6) is -2.99. The summed E-state index contributed by atoms with van der Waals surface area (Å²) in [7, 11) is 1.39. The number of hydrogen-bond donors (Lipinski definition) is 1. The van der Waals surface area contributed by atoms with Crippen molar-refractivity contribution in [3.05, 3.63) is 28.2 Å². The molecule has 0 spiro atoms. The number of likely N-dealkylation sites (N-methyl/N-ethyl adjacent to an activating group) is 1. The lowest BCUT2D eigenvalue weighted by atomic mass is 9.99. The molecule has 8 heteroatoms. The molecule has 24 heavy (non-hydrogen) atoms. The van der Waals surface area contributed by atoms with Crippen LogP contribution < -0.4 is 4.90 Å². The molecule has 2 amide bonds. The Bertz CT molecular complexity index is 705. The molecule has 1 aromatic carbocycles. The number of amides is 2. The monoisotopic (exact) mass is 372 g/mol. The van der Waals surface area contributed by atoms with Gasteiger partial charge in [-0.15, -0.1) is 0 Å². The summed E-state index contributed by atoms with van der Waals surface area (Å²) in [6, 6.07) is 4.76. The minimum absolute atomic E-state index is 0.292. The minimum Gasteiger partial charge on any atom is -0.480 e. The highest BCUT2D eigenvalue weighted by Crippen LogP contribution is 2.34. The first-order chi connectivity index (χ1) is 11.1. The number of halogens is 2. The SMILES string of the molecule is CN(C(=O)C1CCN(c2cc(Cl)ccc2Cl)C1=O)C(C)(C)C(=O)O. The highest BCUT2D eigenvalue weighted by molar-refractivity contribution is 6.36. The maximum Gasteiger partial charge on any atom is 0.329 e. The van der Waals surface area contributed by atoms with Crippen molar-refractivity contribution in [2.24, 2.45) is 5.92 Å². The Morgan fingerprint density at radius 1 is 1.33 bits per heavy atom. The molecule has 2 rings (SSSR count). The zero-order valence-electron chi connectivity index (χ0n) is 13.5. The summed E-state index contributed by atoms with van der Waals surface area (Å²) in [6.07, 6.45) is 0.292. The van der Waals surface area contributed by atoms with Gasteiger partial charge in [-0.05, 0) is 38.5 Å². The van der Waals surface area contributed by atoms with E-state index in [-0.39, 0.29) is 0 Å². The molecule has 0 aromatic heterocycles. The van der Waals surface area contributed by atoms with E-state index in [9.17, 15) is 19.5 Å². The lowest BCUT2D eigenvalue weighted by molar-refractivity contribution is -0.157. The number of anilines is 1. The first-order valence-corrected chi connectivity index (χ1v) is 8.10. The van der Waals surface area contributed by atoms with E-state index in [0.29, 0.717) is 28.7 Å². The molecule has 1 heterocycles. The molecule has 1 N–H and O–H groups in total. The largest absolute Gasteiger partial charge is 0.480 e. The number of aliphatic carboxylic acids is 1. The van der Waals surface area contributed by atoms with Gasteiger partial charge in [0.2, 0.25) is 11.8 Å². The number of benzene rings is 1. The second-order valence-corrected chi connectivity index (χ2v) is 7.03. The third-order valence-electron chi connectivity index (χ3n) is 4.40. The summed E-state index contributed by atoms with van der Waals surface area (Å²) in [6.45, 7) is 3.15. The topological polar surface area (TPSA) is 77.9 Å². The number of carboxylic acids is 1. The van der Waals surface area contributed by atoms with Crippen LogP contribution in [0, 0.1) is 5.92 Å². The maximum atomic E-state index is 12.6. The Morgan fingerprint density at radius 3 is 2.54 bits per heavy atom. The van der Waals surface area contributed by atoms with Gasteiger partial charge in [0.15, 0.2) is 0 Å². The standard InChI is InChI=1S/C16H18Cl2N2O4/c1-16(2,15(23)24)19(3)13(21)10-6-7-20(14(10)22)12-8-9(17)4-5-11(12)18/h4-5,8,10H,6-7H2,1-3H3,(H,23,24). The van der Waals surface area contributed by atoms with E-state index in [1.54, 1.807) is 18.2 Å². The lowest BCUT2D eigenvalue weighted by Crippen LogP contribution is -2.53. The van der Waals surface area contributed by atoms with E-state index < -0.39 is 29.2 Å². The van der Waals surface area contributed by atoms with Crippen molar-refractivity contribution in [3.8, 4) is 0 Å². The number of carbonyl (C=O) groups excluding carboxylic acids is 2. The second kappa shape index (κ2) is 6.61. The number of hydrogen-bond acceptors (Lipinski definition) is 3. The molecule has 0 saturated carbocycles. The summed E-state index contributed by atoms with van der Waals surface area (Å²) >= 11 is 12.1. The Balaban J connectivity index is 2.24. The van der Waals surface area contributed by atoms with E-state index in [0.717, 1.165) is 4.90 Å². The lowest BCUT2D eigenvalue weighted by Gasteiger charge is -2.33. The van der Waals surface area contributed by atoms with Crippen molar-refractivity contribution in [3.63, 3.8) is 0 Å². The Kier molecular flexibility index (Phi) is 5.11. The average Bonchev–Trinajstić information content (AvgIpc) is 2.89. The fourth-order valence-corrected chi connectivity index (χ4v) is 2.88. The van der Waals surface area contributed by atoms with Gasteiger partial charge < -0.3 is 14.9 Å². The van der Waals surface area contributed by atoms with Gasteiger partial charge in [-0.2, -0.15) is 0 Å². The second-order valence-electron chi connectivity index (χ2n) is 6.19. The fraction of sp³-hybridized carbons (Fsp3) is 0.438. The van der Waals surface area contributed by atoms with Crippen LogP contribution in [0.2, 0.25) is 10.0 Å². The summed E-state index contributed by atoms with van der Waals surface area (Å²) in [5, 5.41) is 10.0. The zero-order valence-corrected chi connectivity index (χ0v) is 15.1. The van der Waals surface area contributed by atoms with E-state index >= 15 is 0 Å². The molecule has 1 aliphatic rings. The van der Waals surface area contributed by atoms with Crippen LogP contribution in [0.1, 0.15) is 20.3 Å². The molecule has 1 aromatic rings. The predicted molar refractivity (Wildman–Crippen MR) is 91.4 cm³/mol. The number of carboxylic acid groups (broad SMARTS) is 1. The van der Waals surface area contributed by atoms with Crippen LogP contribution in [-0.4, -0.2) is 46.9 Å². The van der Waals surface area contributed by atoms with Crippen molar-refractivity contribution in [1.29, 1.82) is 0 Å². The number of rotatable bonds is 4. The molecule has 1 aliphatic heterocycles. The molecule has 1 unspecified atom stereocenters. The predicted octanol–water partition coefficient (Wildman–Crippen LogP) is 2.67. The Morgan fingerprint density at radius 2 is 1.96 bits per heavy atom. The van der Waals surface area contributed by atoms with E-state index in [1.165, 1.54) is 25.8 Å². The van der Waals surface area contributed by atoms with Crippen molar-refractivity contribution < 1.29 is 19.5 Å². The van der Waals surface area contributed by atoms with Crippen LogP contribution in [-0.2, 0) is 14.4 Å². The normalized spacial score (nSPS) is 18.0. The third kappa shape index (κ3) is 3.21. The van der Waals surface area contributed by atoms with Crippen LogP contribution in [0.4, 0.5) is 5.69 Å². The molecular formula is C16H18Cl2N2O4. The molecule has 130 valence electrons. The highest BCUT2D eigenvalue weighted by Gasteiger charge is 2.44. The van der Waals surface area contributed by atoms with Crippen molar-refractivity contribution >= 4 is 46.7 Å². The van der Waals surface area contributed by atoms with Crippen LogP contribution in [0.5, 0.6) is 0 Å². The van der Waals surface area contributed by atoms with Gasteiger partial charge in [0, 0.05) is 18.6 Å². The molecule has 0 bridgehead atoms. The maximum absolute atomic E-state index is 12.6. The van der Waals surface area contributed by atoms with Gasteiger partial charge in [0.05, 0.1) is 10.7 Å². The average molecular weight is 373 g/mol. The summed E-state index contributed by atoms with van der Waals surface area (Å²) in [4.78, 5) is 39.1. The quantitative estimate of drug-likeness (QED) is 0.824. The molecule has 0 radical (unpaired) electrons. The summed E-state index contributed by atoms with van der Waals surface area (Å²) < 4.78 is 0. The fourth-order valence-electron chi connectivity index (χ4n) is 2.49. The van der Waals surface area contributed by atoms with Crippen LogP contribution in [0.3, 0.4) is 0 Å². The van der Waals surface area contributed by atoms with Crippen molar-refractivity contribution in [2.75, 3.05) is 18.5 Å². The molecular weight excluding hydrogens is 355 g/mol. The van der Waals surface area contributed by atoms with E-state index in [2.05, 4.69) is 0 Å². The smallest absolute Gasteiger partial charge is 0.329 e. The van der Waals surface area contributed by atoms with Gasteiger partial charge in [-0.1, -0.05) is 23.2 Å². The molecule has 0 aliphatic carbocycles. The first-order valence-electron chi connectivity index (χ1n) is 7.35. The van der Waals surface area contributed by atoms with Gasteiger partial charge >= 0.3 is 5.97 Å². The van der Waals surface area contributed by atoms with Gasteiger partial charge in [0.1, 0.15) is 11.5 Å². The molecule has 6 nitrogen and oxygen atoms in total. The van der Waals surface area contributed by atoms with Gasteiger partial charge in [-0.3, -0.25) is 9.59 Å². The minimum atomic E-state index is -1.40. The van der Waals surface area contributed by atoms with Crippen molar-refractivity contribution in [2.45, 2.75) is 25.8 Å². The molecule has 1 fully saturated rings. The van der Waals surface area contributed by atoms with Crippen LogP contribution >= 0.6 is 23.2 Å². The molecule has 1 atom stereocenters. The summed E-state index contributed by atoms with van der Waals surface area (Å²) in [5.41, 5.74) is -0.956. The van der Waals surface area contributed by atoms with E-state index in [4.69, 9.17) is 23.2 Å². The molecule has 1 saturated heterocycles. The Hall–Kier alpha value is -1.79. The zero-order chi connectivity index (χ0) is 18.2. The van der Waals surface area contributed by atoms with Crippen LogP contribution in [0.15, 0.2) is 18.2 Å². The van der Waals surface area contributed by atoms with Gasteiger partial charge in [-0.25, -0.2) is 4.79 Å². The Labute approximate surface area is 149 Å². The third-order valence-corrected chi connectivity index (χ3v) is 4.95. The highest BCUT2D eigenvalue weighted by atomic mass is 35.5. The van der Waals surface area contributed by atoms with Crippen LogP contribution in [0.25, 0.3) is 0 Å².